The van der Waals surface area contributed by atoms with Crippen molar-refractivity contribution >= 4 is 11.1 Å². The van der Waals surface area contributed by atoms with Gasteiger partial charge in [0.15, 0.2) is 5.58 Å². The second-order valence-corrected chi connectivity index (χ2v) is 4.46. The molecule has 0 aliphatic carbocycles. The number of oxazole rings is 1. The zero-order chi connectivity index (χ0) is 12.7. The molecule has 0 fully saturated rings. The van der Waals surface area contributed by atoms with Crippen molar-refractivity contribution < 1.29 is 29.0 Å². The first-order valence-corrected chi connectivity index (χ1v) is 5.81. The zero-order valence-corrected chi connectivity index (χ0v) is 13.9. The summed E-state index contributed by atoms with van der Waals surface area (Å²) in [6.45, 7) is 3.86. The van der Waals surface area contributed by atoms with Crippen molar-refractivity contribution in [1.82, 2.24) is 4.98 Å². The summed E-state index contributed by atoms with van der Waals surface area (Å²) in [6.07, 6.45) is 0. The van der Waals surface area contributed by atoms with Crippen molar-refractivity contribution in [2.45, 2.75) is 13.8 Å². The molecule has 3 aromatic rings. The largest absolute Gasteiger partial charge is 0.507 e. The van der Waals surface area contributed by atoms with E-state index < -0.39 is 0 Å². The molecule has 1 heterocycles. The number of aryl methyl sites for hydroxylation is 2. The van der Waals surface area contributed by atoms with Crippen molar-refractivity contribution in [3.63, 3.8) is 0 Å². The van der Waals surface area contributed by atoms with Gasteiger partial charge in [-0.2, -0.15) is 0 Å². The predicted molar refractivity (Wildman–Crippen MR) is 70.6 cm³/mol. The molecule has 0 unspecified atom stereocenters. The Morgan fingerprint density at radius 3 is 2.68 bits per heavy atom. The molecule has 2 aromatic carbocycles. The van der Waals surface area contributed by atoms with Crippen LogP contribution in [0.4, 0.5) is 0 Å². The minimum Gasteiger partial charge on any atom is -0.507 e. The molecule has 0 saturated heterocycles. The number of rotatable bonds is 1. The SMILES string of the molecule is Cc1ccc2oc(-c3cccc(C)c3O)nc2c1.[Zn]. The fraction of sp³-hybridized carbons (Fsp3) is 0.133. The maximum absolute atomic E-state index is 10.0. The minimum atomic E-state index is 0. The molecule has 0 atom stereocenters. The molecule has 0 spiro atoms. The normalized spacial score (nSPS) is 10.4. The first-order valence-electron chi connectivity index (χ1n) is 5.81. The number of phenolic OH excluding ortho intramolecular Hbond substituents is 1. The molecule has 1 aromatic heterocycles. The monoisotopic (exact) mass is 303 g/mol. The van der Waals surface area contributed by atoms with E-state index in [0.29, 0.717) is 11.5 Å². The van der Waals surface area contributed by atoms with Crippen LogP contribution in [0.2, 0.25) is 0 Å². The van der Waals surface area contributed by atoms with Gasteiger partial charge in [0.1, 0.15) is 11.3 Å². The van der Waals surface area contributed by atoms with Crippen molar-refractivity contribution in [1.29, 1.82) is 0 Å². The van der Waals surface area contributed by atoms with E-state index in [2.05, 4.69) is 4.98 Å². The number of hydrogen-bond acceptors (Lipinski definition) is 3. The van der Waals surface area contributed by atoms with Gasteiger partial charge in [-0.15, -0.1) is 0 Å². The van der Waals surface area contributed by atoms with Crippen LogP contribution in [0.1, 0.15) is 11.1 Å². The fourth-order valence-electron chi connectivity index (χ4n) is 1.98. The number of phenols is 1. The number of nitrogens with zero attached hydrogens (tertiary/aromatic N) is 1. The van der Waals surface area contributed by atoms with Crippen LogP contribution in [0.3, 0.4) is 0 Å². The molecule has 0 amide bonds. The van der Waals surface area contributed by atoms with E-state index in [9.17, 15) is 5.11 Å². The van der Waals surface area contributed by atoms with E-state index >= 15 is 0 Å². The average molecular weight is 305 g/mol. The Labute approximate surface area is 124 Å². The molecule has 3 rings (SSSR count). The van der Waals surface area contributed by atoms with Crippen molar-refractivity contribution in [2.75, 3.05) is 0 Å². The van der Waals surface area contributed by atoms with E-state index in [-0.39, 0.29) is 25.2 Å². The molecule has 3 nitrogen and oxygen atoms in total. The standard InChI is InChI=1S/C15H13NO2.Zn/c1-9-6-7-13-12(8-9)16-15(18-13)11-5-3-4-10(2)14(11)17;/h3-8,17H,1-2H3;. The minimum absolute atomic E-state index is 0. The number of benzene rings is 2. The maximum Gasteiger partial charge on any atom is 0.231 e. The summed E-state index contributed by atoms with van der Waals surface area (Å²) < 4.78 is 5.67. The second-order valence-electron chi connectivity index (χ2n) is 4.46. The van der Waals surface area contributed by atoms with Gasteiger partial charge >= 0.3 is 0 Å². The number of aromatic hydroxyl groups is 1. The van der Waals surface area contributed by atoms with Gasteiger partial charge in [0.2, 0.25) is 5.89 Å². The Morgan fingerprint density at radius 1 is 1.11 bits per heavy atom. The van der Waals surface area contributed by atoms with E-state index in [1.165, 1.54) is 0 Å². The van der Waals surface area contributed by atoms with Crippen molar-refractivity contribution in [2.24, 2.45) is 0 Å². The Kier molecular flexibility index (Phi) is 3.72. The van der Waals surface area contributed by atoms with Crippen LogP contribution in [0, 0.1) is 13.8 Å². The molecule has 0 bridgehead atoms. The Hall–Kier alpha value is -1.67. The first kappa shape index (κ1) is 13.8. The summed E-state index contributed by atoms with van der Waals surface area (Å²) in [5, 5.41) is 10.0. The summed E-state index contributed by atoms with van der Waals surface area (Å²) >= 11 is 0. The maximum atomic E-state index is 10.0. The van der Waals surface area contributed by atoms with E-state index in [4.69, 9.17) is 4.42 Å². The molecule has 4 heteroatoms. The molecular weight excluding hydrogens is 292 g/mol. The van der Waals surface area contributed by atoms with Gasteiger partial charge in [-0.05, 0) is 43.2 Å². The van der Waals surface area contributed by atoms with Gasteiger partial charge in [0.25, 0.3) is 0 Å². The molecule has 19 heavy (non-hydrogen) atoms. The number of aromatic nitrogens is 1. The van der Waals surface area contributed by atoms with Crippen LogP contribution in [-0.2, 0) is 19.5 Å². The van der Waals surface area contributed by atoms with Gasteiger partial charge in [-0.3, -0.25) is 0 Å². The molecular formula is C15H13NO2Zn. The predicted octanol–water partition coefficient (Wildman–Crippen LogP) is 3.81. The number of fused-ring (bicyclic) bond motifs is 1. The summed E-state index contributed by atoms with van der Waals surface area (Å²) in [4.78, 5) is 4.42. The molecule has 0 aliphatic heterocycles. The van der Waals surface area contributed by atoms with Crippen molar-refractivity contribution in [3.8, 4) is 17.2 Å². The summed E-state index contributed by atoms with van der Waals surface area (Å²) in [6, 6.07) is 11.4. The topological polar surface area (TPSA) is 46.3 Å². The Balaban J connectivity index is 0.00000133. The van der Waals surface area contributed by atoms with E-state index in [0.717, 1.165) is 22.2 Å². The van der Waals surface area contributed by atoms with Crippen molar-refractivity contribution in [3.05, 3.63) is 47.5 Å². The van der Waals surface area contributed by atoms with Crippen LogP contribution < -0.4 is 0 Å². The van der Waals surface area contributed by atoms with Crippen LogP contribution in [0.15, 0.2) is 40.8 Å². The van der Waals surface area contributed by atoms with Gasteiger partial charge in [-0.1, -0.05) is 18.2 Å². The van der Waals surface area contributed by atoms with Crippen LogP contribution in [0.25, 0.3) is 22.6 Å². The molecule has 0 radical (unpaired) electrons. The van der Waals surface area contributed by atoms with E-state index in [1.807, 2.05) is 44.2 Å². The molecule has 0 aliphatic rings. The Bertz CT molecular complexity index is 734. The molecule has 1 N–H and O–H groups in total. The third-order valence-corrected chi connectivity index (χ3v) is 3.01. The van der Waals surface area contributed by atoms with Gasteiger partial charge < -0.3 is 9.52 Å². The van der Waals surface area contributed by atoms with Crippen LogP contribution >= 0.6 is 0 Å². The first-order chi connectivity index (χ1) is 8.65. The van der Waals surface area contributed by atoms with Gasteiger partial charge in [-0.25, -0.2) is 4.98 Å². The van der Waals surface area contributed by atoms with E-state index in [1.54, 1.807) is 6.07 Å². The van der Waals surface area contributed by atoms with Gasteiger partial charge in [0, 0.05) is 19.5 Å². The van der Waals surface area contributed by atoms with Crippen LogP contribution in [-0.4, -0.2) is 10.1 Å². The third kappa shape index (κ3) is 2.41. The summed E-state index contributed by atoms with van der Waals surface area (Å²) in [5.74, 6) is 0.678. The smallest absolute Gasteiger partial charge is 0.231 e. The fourth-order valence-corrected chi connectivity index (χ4v) is 1.98. The number of hydrogen-bond donors (Lipinski definition) is 1. The molecule has 0 saturated carbocycles. The van der Waals surface area contributed by atoms with Crippen LogP contribution in [0.5, 0.6) is 5.75 Å². The van der Waals surface area contributed by atoms with Gasteiger partial charge in [0.05, 0.1) is 5.56 Å². The molecule has 92 valence electrons. The third-order valence-electron chi connectivity index (χ3n) is 3.01. The summed E-state index contributed by atoms with van der Waals surface area (Å²) in [7, 11) is 0. The summed E-state index contributed by atoms with van der Waals surface area (Å²) in [5.41, 5.74) is 4.12. The zero-order valence-electron chi connectivity index (χ0n) is 11.0. The number of para-hydroxylation sites is 1. The second kappa shape index (κ2) is 5.14. The quantitative estimate of drug-likeness (QED) is 0.695. The average Bonchev–Trinajstić information content (AvgIpc) is 2.75. The Morgan fingerprint density at radius 2 is 1.89 bits per heavy atom.